The predicted molar refractivity (Wildman–Crippen MR) is 54.7 cm³/mol. The standard InChI is InChI=1S/C10H7ClFNO3/c11-6-2-1-3-7(12)10(6)13-4-8(14)16-9(15)5-13/h1-3H,4-5H2. The average molecular weight is 244 g/mol. The molecule has 84 valence electrons. The van der Waals surface area contributed by atoms with Crippen LogP contribution >= 0.6 is 11.6 Å². The van der Waals surface area contributed by atoms with Crippen molar-refractivity contribution < 1.29 is 18.7 Å². The molecule has 0 aliphatic carbocycles. The second kappa shape index (κ2) is 4.09. The first-order valence-electron chi connectivity index (χ1n) is 4.50. The summed E-state index contributed by atoms with van der Waals surface area (Å²) in [6.45, 7) is -0.376. The first-order chi connectivity index (χ1) is 7.58. The van der Waals surface area contributed by atoms with Crippen molar-refractivity contribution in [2.24, 2.45) is 0 Å². The number of carbonyl (C=O) groups excluding carboxylic acids is 2. The third-order valence-corrected chi connectivity index (χ3v) is 2.43. The molecule has 0 radical (unpaired) electrons. The van der Waals surface area contributed by atoms with Crippen molar-refractivity contribution in [2.45, 2.75) is 0 Å². The molecule has 0 amide bonds. The van der Waals surface area contributed by atoms with Crippen LogP contribution in [0.1, 0.15) is 0 Å². The minimum absolute atomic E-state index is 0.0502. The van der Waals surface area contributed by atoms with Crippen LogP contribution in [0.4, 0.5) is 10.1 Å². The summed E-state index contributed by atoms with van der Waals surface area (Å²) in [4.78, 5) is 23.3. The molecule has 0 atom stereocenters. The van der Waals surface area contributed by atoms with Gasteiger partial charge in [0.05, 0.1) is 10.7 Å². The van der Waals surface area contributed by atoms with E-state index in [1.54, 1.807) is 0 Å². The molecule has 6 heteroatoms. The van der Waals surface area contributed by atoms with Gasteiger partial charge in [-0.3, -0.25) is 0 Å². The number of halogens is 2. The van der Waals surface area contributed by atoms with Gasteiger partial charge in [-0.25, -0.2) is 14.0 Å². The van der Waals surface area contributed by atoms with Gasteiger partial charge in [0.25, 0.3) is 0 Å². The summed E-state index contributed by atoms with van der Waals surface area (Å²) < 4.78 is 17.8. The molecule has 1 saturated heterocycles. The van der Waals surface area contributed by atoms with E-state index in [4.69, 9.17) is 11.6 Å². The van der Waals surface area contributed by atoms with Crippen LogP contribution in [0.3, 0.4) is 0 Å². The summed E-state index contributed by atoms with van der Waals surface area (Å²) in [6.07, 6.45) is 0. The van der Waals surface area contributed by atoms with E-state index in [0.29, 0.717) is 0 Å². The number of carbonyl (C=O) groups is 2. The second-order valence-electron chi connectivity index (χ2n) is 3.27. The first kappa shape index (κ1) is 10.9. The molecule has 0 N–H and O–H groups in total. The van der Waals surface area contributed by atoms with E-state index < -0.39 is 17.8 Å². The van der Waals surface area contributed by atoms with Crippen molar-refractivity contribution in [3.05, 3.63) is 29.0 Å². The molecule has 0 bridgehead atoms. The van der Waals surface area contributed by atoms with E-state index >= 15 is 0 Å². The van der Waals surface area contributed by atoms with Gasteiger partial charge >= 0.3 is 11.9 Å². The van der Waals surface area contributed by atoms with Crippen molar-refractivity contribution in [1.82, 2.24) is 0 Å². The highest BCUT2D eigenvalue weighted by Gasteiger charge is 2.27. The van der Waals surface area contributed by atoms with Crippen LogP contribution in [0.15, 0.2) is 18.2 Å². The molecular formula is C10H7ClFNO3. The van der Waals surface area contributed by atoms with E-state index in [0.717, 1.165) is 0 Å². The smallest absolute Gasteiger partial charge is 0.333 e. The van der Waals surface area contributed by atoms with Crippen molar-refractivity contribution in [3.8, 4) is 0 Å². The number of cyclic esters (lactones) is 2. The first-order valence-corrected chi connectivity index (χ1v) is 4.88. The number of nitrogens with zero attached hydrogens (tertiary/aromatic N) is 1. The molecule has 1 heterocycles. The van der Waals surface area contributed by atoms with Crippen molar-refractivity contribution in [3.63, 3.8) is 0 Å². The molecule has 0 aromatic heterocycles. The van der Waals surface area contributed by atoms with Gasteiger partial charge in [0, 0.05) is 0 Å². The molecule has 1 aromatic rings. The maximum absolute atomic E-state index is 13.5. The van der Waals surface area contributed by atoms with Gasteiger partial charge in [0.2, 0.25) is 0 Å². The van der Waals surface area contributed by atoms with Gasteiger partial charge in [-0.05, 0) is 12.1 Å². The van der Waals surface area contributed by atoms with Crippen LogP contribution in [0.2, 0.25) is 5.02 Å². The van der Waals surface area contributed by atoms with Crippen molar-refractivity contribution in [2.75, 3.05) is 18.0 Å². The van der Waals surface area contributed by atoms with Gasteiger partial charge in [-0.1, -0.05) is 17.7 Å². The quantitative estimate of drug-likeness (QED) is 0.552. The fourth-order valence-electron chi connectivity index (χ4n) is 1.51. The number of anilines is 1. The normalized spacial score (nSPS) is 16.2. The van der Waals surface area contributed by atoms with E-state index in [1.807, 2.05) is 0 Å². The lowest BCUT2D eigenvalue weighted by Crippen LogP contribution is -2.43. The molecule has 0 saturated carbocycles. The highest BCUT2D eigenvalue weighted by atomic mass is 35.5. The van der Waals surface area contributed by atoms with Gasteiger partial charge in [-0.15, -0.1) is 0 Å². The molecule has 4 nitrogen and oxygen atoms in total. The van der Waals surface area contributed by atoms with Crippen molar-refractivity contribution >= 4 is 29.2 Å². The summed E-state index contributed by atoms with van der Waals surface area (Å²) in [5, 5.41) is 0.155. The summed E-state index contributed by atoms with van der Waals surface area (Å²) in [7, 11) is 0. The van der Waals surface area contributed by atoms with Gasteiger partial charge in [0.15, 0.2) is 0 Å². The highest BCUT2D eigenvalue weighted by Crippen LogP contribution is 2.29. The summed E-state index contributed by atoms with van der Waals surface area (Å²) in [5.74, 6) is -2.00. The molecule has 2 rings (SSSR count). The number of hydrogen-bond donors (Lipinski definition) is 0. The second-order valence-corrected chi connectivity index (χ2v) is 3.68. The van der Waals surface area contributed by atoms with Crippen LogP contribution in [0.25, 0.3) is 0 Å². The van der Waals surface area contributed by atoms with E-state index in [1.165, 1.54) is 23.1 Å². The van der Waals surface area contributed by atoms with E-state index in [9.17, 15) is 14.0 Å². The SMILES string of the molecule is O=C1CN(c2c(F)cccc2Cl)CC(=O)O1. The topological polar surface area (TPSA) is 46.6 Å². The van der Waals surface area contributed by atoms with Crippen LogP contribution in [-0.4, -0.2) is 25.0 Å². The number of para-hydroxylation sites is 1. The lowest BCUT2D eigenvalue weighted by molar-refractivity contribution is -0.160. The lowest BCUT2D eigenvalue weighted by atomic mass is 10.2. The minimum atomic E-state index is -0.712. The Kier molecular flexibility index (Phi) is 2.78. The minimum Gasteiger partial charge on any atom is -0.390 e. The molecule has 1 aromatic carbocycles. The van der Waals surface area contributed by atoms with Gasteiger partial charge in [0.1, 0.15) is 18.9 Å². The number of esters is 2. The highest BCUT2D eigenvalue weighted by molar-refractivity contribution is 6.33. The predicted octanol–water partition coefficient (Wildman–Crippen LogP) is 1.37. The fraction of sp³-hybridized carbons (Fsp3) is 0.200. The maximum atomic E-state index is 13.5. The Hall–Kier alpha value is -1.62. The number of morpholine rings is 1. The zero-order valence-corrected chi connectivity index (χ0v) is 8.83. The molecular weight excluding hydrogens is 237 g/mol. The summed E-state index contributed by atoms with van der Waals surface area (Å²) >= 11 is 5.81. The molecule has 1 aliphatic rings. The molecule has 0 unspecified atom stereocenters. The monoisotopic (exact) mass is 243 g/mol. The Morgan fingerprint density at radius 2 is 1.88 bits per heavy atom. The lowest BCUT2D eigenvalue weighted by Gasteiger charge is -2.27. The van der Waals surface area contributed by atoms with Crippen LogP contribution < -0.4 is 4.90 Å². The third kappa shape index (κ3) is 1.99. The van der Waals surface area contributed by atoms with Crippen LogP contribution in [0.5, 0.6) is 0 Å². The number of rotatable bonds is 1. The summed E-state index contributed by atoms with van der Waals surface area (Å²) in [5.41, 5.74) is 0.0502. The summed E-state index contributed by atoms with van der Waals surface area (Å²) in [6, 6.07) is 4.15. The molecule has 0 spiro atoms. The van der Waals surface area contributed by atoms with Gasteiger partial charge < -0.3 is 9.64 Å². The molecule has 1 aliphatic heterocycles. The number of hydrogen-bond acceptors (Lipinski definition) is 4. The Morgan fingerprint density at radius 1 is 1.25 bits per heavy atom. The number of benzene rings is 1. The third-order valence-electron chi connectivity index (χ3n) is 2.12. The Balaban J connectivity index is 2.36. The average Bonchev–Trinajstić information content (AvgIpc) is 2.15. The van der Waals surface area contributed by atoms with Crippen LogP contribution in [0, 0.1) is 5.82 Å². The molecule has 1 fully saturated rings. The largest absolute Gasteiger partial charge is 0.390 e. The Morgan fingerprint density at radius 3 is 2.44 bits per heavy atom. The zero-order valence-electron chi connectivity index (χ0n) is 8.07. The Labute approximate surface area is 95.6 Å². The van der Waals surface area contributed by atoms with E-state index in [-0.39, 0.29) is 23.8 Å². The maximum Gasteiger partial charge on any atom is 0.333 e. The van der Waals surface area contributed by atoms with Crippen molar-refractivity contribution in [1.29, 1.82) is 0 Å². The number of ether oxygens (including phenoxy) is 1. The zero-order chi connectivity index (χ0) is 11.7. The van der Waals surface area contributed by atoms with Crippen LogP contribution in [-0.2, 0) is 14.3 Å². The fourth-order valence-corrected chi connectivity index (χ4v) is 1.79. The Bertz CT molecular complexity index is 427. The van der Waals surface area contributed by atoms with E-state index in [2.05, 4.69) is 4.74 Å². The molecule has 16 heavy (non-hydrogen) atoms. The van der Waals surface area contributed by atoms with Gasteiger partial charge in [-0.2, -0.15) is 0 Å².